The smallest absolute Gasteiger partial charge is 0.274 e. The molecule has 2 aromatic heterocycles. The zero-order chi connectivity index (χ0) is 20.9. The molecule has 0 bridgehead atoms. The molecule has 0 fully saturated rings. The highest BCUT2D eigenvalue weighted by atomic mass is 32.1. The van der Waals surface area contributed by atoms with E-state index in [0.29, 0.717) is 17.1 Å². The standard InChI is InChI=1S/C22H17N5O2S/c1-15(28)17-9-5-10-18(13-17)23-22(29)20(14-19-11-6-12-30-19)27-21(24-25-26-27)16-7-3-2-4-8-16/h2-14H,1H3,(H,23,29)/b20-14-. The zero-order valence-corrected chi connectivity index (χ0v) is 16.8. The highest BCUT2D eigenvalue weighted by Crippen LogP contribution is 2.23. The van der Waals surface area contributed by atoms with Gasteiger partial charge >= 0.3 is 0 Å². The van der Waals surface area contributed by atoms with Gasteiger partial charge in [-0.1, -0.05) is 48.5 Å². The minimum absolute atomic E-state index is 0.0766. The fraction of sp³-hybridized carbons (Fsp3) is 0.0455. The summed E-state index contributed by atoms with van der Waals surface area (Å²) in [5.41, 5.74) is 2.07. The summed E-state index contributed by atoms with van der Waals surface area (Å²) in [6.07, 6.45) is 1.73. The number of tetrazole rings is 1. The maximum atomic E-state index is 13.2. The lowest BCUT2D eigenvalue weighted by Gasteiger charge is -2.11. The maximum absolute atomic E-state index is 13.2. The Labute approximate surface area is 176 Å². The van der Waals surface area contributed by atoms with Crippen molar-refractivity contribution in [2.24, 2.45) is 0 Å². The molecule has 2 heterocycles. The number of amides is 1. The van der Waals surface area contributed by atoms with Crippen LogP contribution in [0.3, 0.4) is 0 Å². The van der Waals surface area contributed by atoms with Crippen LogP contribution in [0.1, 0.15) is 22.2 Å². The van der Waals surface area contributed by atoms with Crippen LogP contribution in [0, 0.1) is 0 Å². The number of ketones is 1. The number of carbonyl (C=O) groups excluding carboxylic acids is 2. The summed E-state index contributed by atoms with van der Waals surface area (Å²) in [6.45, 7) is 1.48. The number of nitrogens with zero attached hydrogens (tertiary/aromatic N) is 4. The van der Waals surface area contributed by atoms with Gasteiger partial charge in [0.15, 0.2) is 11.6 Å². The number of aromatic nitrogens is 4. The molecule has 8 heteroatoms. The van der Waals surface area contributed by atoms with Gasteiger partial charge in [0.25, 0.3) is 5.91 Å². The minimum atomic E-state index is -0.395. The molecule has 0 aliphatic carbocycles. The Bertz CT molecular complexity index is 1210. The predicted octanol–water partition coefficient (Wildman–Crippen LogP) is 4.24. The van der Waals surface area contributed by atoms with Crippen LogP contribution in [0.15, 0.2) is 72.1 Å². The molecule has 4 rings (SSSR count). The molecule has 7 nitrogen and oxygen atoms in total. The summed E-state index contributed by atoms with van der Waals surface area (Å²) in [6, 6.07) is 20.0. The Morgan fingerprint density at radius 2 is 1.87 bits per heavy atom. The molecule has 0 atom stereocenters. The van der Waals surface area contributed by atoms with E-state index in [4.69, 9.17) is 0 Å². The summed E-state index contributed by atoms with van der Waals surface area (Å²) in [5.74, 6) is -0.0214. The van der Waals surface area contributed by atoms with E-state index in [-0.39, 0.29) is 11.5 Å². The Kier molecular flexibility index (Phi) is 5.58. The average Bonchev–Trinajstić information content (AvgIpc) is 3.45. The number of carbonyl (C=O) groups is 2. The third kappa shape index (κ3) is 4.23. The fourth-order valence-electron chi connectivity index (χ4n) is 2.86. The van der Waals surface area contributed by atoms with E-state index in [1.54, 1.807) is 30.3 Å². The zero-order valence-electron chi connectivity index (χ0n) is 16.0. The van der Waals surface area contributed by atoms with Crippen LogP contribution < -0.4 is 5.32 Å². The van der Waals surface area contributed by atoms with E-state index in [2.05, 4.69) is 20.8 Å². The Balaban J connectivity index is 1.74. The molecule has 30 heavy (non-hydrogen) atoms. The number of Topliss-reactive ketones (excluding diaryl/α,β-unsaturated/α-hetero) is 1. The Morgan fingerprint density at radius 1 is 1.03 bits per heavy atom. The van der Waals surface area contributed by atoms with E-state index >= 15 is 0 Å². The molecule has 0 unspecified atom stereocenters. The highest BCUT2D eigenvalue weighted by molar-refractivity contribution is 7.10. The topological polar surface area (TPSA) is 89.8 Å². The largest absolute Gasteiger partial charge is 0.321 e. The van der Waals surface area contributed by atoms with Gasteiger partial charge < -0.3 is 5.32 Å². The lowest BCUT2D eigenvalue weighted by Crippen LogP contribution is -2.19. The van der Waals surface area contributed by atoms with Crippen LogP contribution >= 0.6 is 11.3 Å². The second-order valence-electron chi connectivity index (χ2n) is 6.42. The van der Waals surface area contributed by atoms with Crippen LogP contribution in [0.4, 0.5) is 5.69 Å². The lowest BCUT2D eigenvalue weighted by atomic mass is 10.1. The van der Waals surface area contributed by atoms with Crippen molar-refractivity contribution in [2.75, 3.05) is 5.32 Å². The molecular weight excluding hydrogens is 398 g/mol. The third-order valence-electron chi connectivity index (χ3n) is 4.31. The summed E-state index contributed by atoms with van der Waals surface area (Å²) in [4.78, 5) is 25.8. The summed E-state index contributed by atoms with van der Waals surface area (Å²) < 4.78 is 1.42. The van der Waals surface area contributed by atoms with Crippen LogP contribution in [0.2, 0.25) is 0 Å². The van der Waals surface area contributed by atoms with Gasteiger partial charge in [-0.2, -0.15) is 4.68 Å². The van der Waals surface area contributed by atoms with E-state index in [1.165, 1.54) is 22.9 Å². The minimum Gasteiger partial charge on any atom is -0.321 e. The van der Waals surface area contributed by atoms with Crippen LogP contribution in [-0.4, -0.2) is 31.9 Å². The van der Waals surface area contributed by atoms with Crippen LogP contribution in [0.25, 0.3) is 23.2 Å². The first kappa shape index (κ1) is 19.4. The molecule has 1 N–H and O–H groups in total. The highest BCUT2D eigenvalue weighted by Gasteiger charge is 2.20. The molecule has 0 aliphatic heterocycles. The number of thiophene rings is 1. The molecule has 0 radical (unpaired) electrons. The second kappa shape index (κ2) is 8.62. The van der Waals surface area contributed by atoms with Crippen molar-refractivity contribution in [1.29, 1.82) is 0 Å². The summed E-state index contributed by atoms with van der Waals surface area (Å²) in [5, 5.41) is 16.7. The quantitative estimate of drug-likeness (QED) is 0.376. The molecule has 2 aromatic carbocycles. The van der Waals surface area contributed by atoms with Gasteiger partial charge in [0.2, 0.25) is 0 Å². The number of nitrogens with one attached hydrogen (secondary N) is 1. The van der Waals surface area contributed by atoms with Crippen molar-refractivity contribution < 1.29 is 9.59 Å². The number of hydrogen-bond acceptors (Lipinski definition) is 6. The van der Waals surface area contributed by atoms with Gasteiger partial charge in [0, 0.05) is 21.7 Å². The van der Waals surface area contributed by atoms with E-state index in [0.717, 1.165) is 10.4 Å². The monoisotopic (exact) mass is 415 g/mol. The summed E-state index contributed by atoms with van der Waals surface area (Å²) >= 11 is 1.50. The van der Waals surface area contributed by atoms with Crippen molar-refractivity contribution in [3.05, 3.63) is 82.6 Å². The molecule has 0 spiro atoms. The second-order valence-corrected chi connectivity index (χ2v) is 7.40. The first-order valence-electron chi connectivity index (χ1n) is 9.13. The summed E-state index contributed by atoms with van der Waals surface area (Å²) in [7, 11) is 0. The van der Waals surface area contributed by atoms with Crippen LogP contribution in [0.5, 0.6) is 0 Å². The molecule has 0 saturated heterocycles. The molecule has 0 aliphatic rings. The lowest BCUT2D eigenvalue weighted by molar-refractivity contribution is -0.111. The van der Waals surface area contributed by atoms with Gasteiger partial charge in [-0.15, -0.1) is 16.4 Å². The van der Waals surface area contributed by atoms with Gasteiger partial charge in [-0.05, 0) is 47.0 Å². The first-order valence-corrected chi connectivity index (χ1v) is 10.0. The molecule has 0 saturated carbocycles. The molecule has 1 amide bonds. The first-order chi connectivity index (χ1) is 14.6. The molecular formula is C22H17N5O2S. The van der Waals surface area contributed by atoms with Crippen LogP contribution in [-0.2, 0) is 4.79 Å². The van der Waals surface area contributed by atoms with Gasteiger partial charge in [-0.3, -0.25) is 9.59 Å². The van der Waals surface area contributed by atoms with E-state index < -0.39 is 5.91 Å². The molecule has 148 valence electrons. The Morgan fingerprint density at radius 3 is 2.60 bits per heavy atom. The van der Waals surface area contributed by atoms with Crippen molar-refractivity contribution in [3.63, 3.8) is 0 Å². The van der Waals surface area contributed by atoms with Crippen molar-refractivity contribution in [1.82, 2.24) is 20.2 Å². The Hall–Kier alpha value is -3.91. The van der Waals surface area contributed by atoms with Gasteiger partial charge in [0.1, 0.15) is 5.70 Å². The SMILES string of the molecule is CC(=O)c1cccc(NC(=O)/C(=C/c2cccs2)n2nnnc2-c2ccccc2)c1. The van der Waals surface area contributed by atoms with Crippen molar-refractivity contribution in [2.45, 2.75) is 6.92 Å². The number of benzene rings is 2. The predicted molar refractivity (Wildman–Crippen MR) is 117 cm³/mol. The van der Waals surface area contributed by atoms with Gasteiger partial charge in [-0.25, -0.2) is 0 Å². The van der Waals surface area contributed by atoms with E-state index in [1.807, 2.05) is 47.8 Å². The number of hydrogen-bond donors (Lipinski definition) is 1. The number of rotatable bonds is 6. The van der Waals surface area contributed by atoms with Gasteiger partial charge in [0.05, 0.1) is 0 Å². The van der Waals surface area contributed by atoms with E-state index in [9.17, 15) is 9.59 Å². The number of anilines is 1. The molecule has 4 aromatic rings. The van der Waals surface area contributed by atoms with Crippen molar-refractivity contribution >= 4 is 40.5 Å². The third-order valence-corrected chi connectivity index (χ3v) is 5.13. The average molecular weight is 415 g/mol. The fourth-order valence-corrected chi connectivity index (χ4v) is 3.51. The van der Waals surface area contributed by atoms with Crippen molar-refractivity contribution in [3.8, 4) is 11.4 Å². The normalized spacial score (nSPS) is 11.3. The maximum Gasteiger partial charge on any atom is 0.274 e.